The molecule has 0 unspecified atom stereocenters. The SMILES string of the molecule is CN(Cc1ncn[nH]1)C(=O)c1ccc2cc(Br)ccc2c1. The van der Waals surface area contributed by atoms with Crippen LogP contribution >= 0.6 is 15.9 Å². The number of carbonyl (C=O) groups is 1. The van der Waals surface area contributed by atoms with Crippen molar-refractivity contribution in [3.05, 3.63) is 58.6 Å². The Morgan fingerprint density at radius 2 is 2.00 bits per heavy atom. The number of benzene rings is 2. The average Bonchev–Trinajstić information content (AvgIpc) is 2.98. The number of rotatable bonds is 3. The summed E-state index contributed by atoms with van der Waals surface area (Å²) < 4.78 is 1.02. The van der Waals surface area contributed by atoms with Crippen molar-refractivity contribution in [3.8, 4) is 0 Å². The Balaban J connectivity index is 1.85. The number of nitrogens with zero attached hydrogens (tertiary/aromatic N) is 3. The molecule has 6 heteroatoms. The Labute approximate surface area is 130 Å². The molecule has 1 aromatic heterocycles. The van der Waals surface area contributed by atoms with E-state index in [4.69, 9.17) is 0 Å². The third-order valence-corrected chi connectivity index (χ3v) is 3.74. The summed E-state index contributed by atoms with van der Waals surface area (Å²) in [5.74, 6) is 0.617. The predicted molar refractivity (Wildman–Crippen MR) is 83.8 cm³/mol. The fourth-order valence-corrected chi connectivity index (χ4v) is 2.55. The van der Waals surface area contributed by atoms with E-state index in [2.05, 4.69) is 31.1 Å². The second-order valence-corrected chi connectivity index (χ2v) is 5.72. The van der Waals surface area contributed by atoms with Gasteiger partial charge in [-0.3, -0.25) is 9.89 Å². The summed E-state index contributed by atoms with van der Waals surface area (Å²) in [5, 5.41) is 8.66. The normalized spacial score (nSPS) is 10.8. The zero-order valence-electron chi connectivity index (χ0n) is 11.4. The van der Waals surface area contributed by atoms with Crippen molar-refractivity contribution in [2.45, 2.75) is 6.54 Å². The molecule has 3 aromatic rings. The summed E-state index contributed by atoms with van der Waals surface area (Å²) in [6.07, 6.45) is 1.43. The van der Waals surface area contributed by atoms with Crippen LogP contribution in [0.5, 0.6) is 0 Å². The number of hydrogen-bond donors (Lipinski definition) is 1. The van der Waals surface area contributed by atoms with Gasteiger partial charge in [0.2, 0.25) is 0 Å². The van der Waals surface area contributed by atoms with E-state index in [9.17, 15) is 4.79 Å². The van der Waals surface area contributed by atoms with Gasteiger partial charge in [0.1, 0.15) is 12.2 Å². The molecule has 1 N–H and O–H groups in total. The van der Waals surface area contributed by atoms with Gasteiger partial charge in [0.25, 0.3) is 5.91 Å². The molecule has 1 heterocycles. The molecule has 21 heavy (non-hydrogen) atoms. The van der Waals surface area contributed by atoms with Gasteiger partial charge >= 0.3 is 0 Å². The predicted octanol–water partition coefficient (Wildman–Crippen LogP) is 2.99. The molecule has 3 rings (SSSR count). The molecule has 5 nitrogen and oxygen atoms in total. The van der Waals surface area contributed by atoms with E-state index in [1.165, 1.54) is 6.33 Å². The zero-order chi connectivity index (χ0) is 14.8. The van der Waals surface area contributed by atoms with Crippen molar-refractivity contribution >= 4 is 32.6 Å². The van der Waals surface area contributed by atoms with Gasteiger partial charge in [0.15, 0.2) is 0 Å². The fourth-order valence-electron chi connectivity index (χ4n) is 2.17. The molecule has 0 radical (unpaired) electrons. The molecular formula is C15H13BrN4O. The fraction of sp³-hybridized carbons (Fsp3) is 0.133. The summed E-state index contributed by atoms with van der Waals surface area (Å²) in [6, 6.07) is 11.7. The molecule has 2 aromatic carbocycles. The van der Waals surface area contributed by atoms with Crippen LogP contribution < -0.4 is 0 Å². The lowest BCUT2D eigenvalue weighted by molar-refractivity contribution is 0.0782. The van der Waals surface area contributed by atoms with Crippen molar-refractivity contribution in [2.24, 2.45) is 0 Å². The number of amides is 1. The summed E-state index contributed by atoms with van der Waals surface area (Å²) in [7, 11) is 1.75. The van der Waals surface area contributed by atoms with Gasteiger partial charge in [-0.1, -0.05) is 28.1 Å². The van der Waals surface area contributed by atoms with Gasteiger partial charge in [0.05, 0.1) is 6.54 Å². The number of aromatic nitrogens is 3. The maximum absolute atomic E-state index is 12.4. The highest BCUT2D eigenvalue weighted by atomic mass is 79.9. The maximum atomic E-state index is 12.4. The van der Waals surface area contributed by atoms with Gasteiger partial charge in [0, 0.05) is 17.1 Å². The van der Waals surface area contributed by atoms with Crippen molar-refractivity contribution in [1.82, 2.24) is 20.1 Å². The molecule has 0 saturated carbocycles. The van der Waals surface area contributed by atoms with Gasteiger partial charge in [-0.2, -0.15) is 5.10 Å². The number of H-pyrrole nitrogens is 1. The van der Waals surface area contributed by atoms with Gasteiger partial charge in [-0.25, -0.2) is 4.98 Å². The molecule has 0 aliphatic carbocycles. The van der Waals surface area contributed by atoms with E-state index >= 15 is 0 Å². The molecule has 0 fully saturated rings. The summed E-state index contributed by atoms with van der Waals surface area (Å²) in [4.78, 5) is 18.1. The Bertz CT molecular complexity index is 785. The van der Waals surface area contributed by atoms with Crippen LogP contribution in [0.15, 0.2) is 47.2 Å². The van der Waals surface area contributed by atoms with Crippen molar-refractivity contribution in [3.63, 3.8) is 0 Å². The van der Waals surface area contributed by atoms with Crippen LogP contribution in [0.2, 0.25) is 0 Å². The summed E-state index contributed by atoms with van der Waals surface area (Å²) in [5.41, 5.74) is 0.659. The lowest BCUT2D eigenvalue weighted by atomic mass is 10.1. The molecular weight excluding hydrogens is 332 g/mol. The first-order valence-electron chi connectivity index (χ1n) is 6.42. The van der Waals surface area contributed by atoms with E-state index in [1.807, 2.05) is 36.4 Å². The Morgan fingerprint density at radius 1 is 1.24 bits per heavy atom. The summed E-state index contributed by atoms with van der Waals surface area (Å²) in [6.45, 7) is 0.400. The highest BCUT2D eigenvalue weighted by Gasteiger charge is 2.13. The third kappa shape index (κ3) is 2.95. The van der Waals surface area contributed by atoms with E-state index < -0.39 is 0 Å². The summed E-state index contributed by atoms with van der Waals surface area (Å²) >= 11 is 3.44. The van der Waals surface area contributed by atoms with Gasteiger partial charge in [-0.05, 0) is 35.0 Å². The van der Waals surface area contributed by atoms with Crippen LogP contribution in [0, 0.1) is 0 Å². The van der Waals surface area contributed by atoms with Crippen LogP contribution in [0.3, 0.4) is 0 Å². The number of fused-ring (bicyclic) bond motifs is 1. The first-order valence-corrected chi connectivity index (χ1v) is 7.22. The quantitative estimate of drug-likeness (QED) is 0.794. The van der Waals surface area contributed by atoms with Crippen LogP contribution in [-0.4, -0.2) is 33.0 Å². The second kappa shape index (κ2) is 5.65. The largest absolute Gasteiger partial charge is 0.334 e. The number of carbonyl (C=O) groups excluding carboxylic acids is 1. The van der Waals surface area contributed by atoms with Gasteiger partial charge in [-0.15, -0.1) is 0 Å². The van der Waals surface area contributed by atoms with Crippen LogP contribution in [0.25, 0.3) is 10.8 Å². The first-order chi connectivity index (χ1) is 10.1. The third-order valence-electron chi connectivity index (χ3n) is 3.25. The number of halogens is 1. The number of hydrogen-bond acceptors (Lipinski definition) is 3. The van der Waals surface area contributed by atoms with Gasteiger partial charge < -0.3 is 4.90 Å². The molecule has 0 aliphatic heterocycles. The minimum Gasteiger partial charge on any atom is -0.334 e. The van der Waals surface area contributed by atoms with E-state index in [0.717, 1.165) is 15.2 Å². The van der Waals surface area contributed by atoms with E-state index in [0.29, 0.717) is 17.9 Å². The smallest absolute Gasteiger partial charge is 0.254 e. The standard InChI is InChI=1S/C15H13BrN4O/c1-20(8-14-17-9-18-19-14)15(21)12-3-2-11-7-13(16)5-4-10(11)6-12/h2-7,9H,8H2,1H3,(H,17,18,19). The van der Waals surface area contributed by atoms with Crippen LogP contribution in [0.1, 0.15) is 16.2 Å². The second-order valence-electron chi connectivity index (χ2n) is 4.80. The minimum absolute atomic E-state index is 0.0452. The Kier molecular flexibility index (Phi) is 3.70. The molecule has 1 amide bonds. The van der Waals surface area contributed by atoms with Crippen LogP contribution in [-0.2, 0) is 6.54 Å². The first kappa shape index (κ1) is 13.8. The molecule has 0 saturated heterocycles. The van der Waals surface area contributed by atoms with Crippen molar-refractivity contribution < 1.29 is 4.79 Å². The Morgan fingerprint density at radius 3 is 2.76 bits per heavy atom. The topological polar surface area (TPSA) is 61.9 Å². The molecule has 0 spiro atoms. The highest BCUT2D eigenvalue weighted by Crippen LogP contribution is 2.21. The van der Waals surface area contributed by atoms with E-state index in [-0.39, 0.29) is 5.91 Å². The van der Waals surface area contributed by atoms with Crippen LogP contribution in [0.4, 0.5) is 0 Å². The van der Waals surface area contributed by atoms with E-state index in [1.54, 1.807) is 11.9 Å². The zero-order valence-corrected chi connectivity index (χ0v) is 13.0. The molecule has 0 bridgehead atoms. The Hall–Kier alpha value is -2.21. The lowest BCUT2D eigenvalue weighted by Gasteiger charge is -2.16. The number of aromatic amines is 1. The highest BCUT2D eigenvalue weighted by molar-refractivity contribution is 9.10. The average molecular weight is 345 g/mol. The molecule has 0 atom stereocenters. The number of nitrogens with one attached hydrogen (secondary N) is 1. The van der Waals surface area contributed by atoms with Crippen molar-refractivity contribution in [2.75, 3.05) is 7.05 Å². The minimum atomic E-state index is -0.0452. The lowest BCUT2D eigenvalue weighted by Crippen LogP contribution is -2.26. The van der Waals surface area contributed by atoms with Crippen molar-refractivity contribution in [1.29, 1.82) is 0 Å². The monoisotopic (exact) mass is 344 g/mol. The molecule has 106 valence electrons. The molecule has 0 aliphatic rings. The maximum Gasteiger partial charge on any atom is 0.254 e.